The molecule has 0 amide bonds. The van der Waals surface area contributed by atoms with E-state index in [0.29, 0.717) is 0 Å². The Labute approximate surface area is 118 Å². The molecular formula is C12H17N3O4S. The lowest BCUT2D eigenvalue weighted by atomic mass is 10.2. The molecule has 0 aliphatic rings. The monoisotopic (exact) mass is 299 g/mol. The van der Waals surface area contributed by atoms with Crippen molar-refractivity contribution in [3.05, 3.63) is 23.8 Å². The fraction of sp³-hybridized carbons (Fsp3) is 0.417. The van der Waals surface area contributed by atoms with Crippen LogP contribution in [-0.4, -0.2) is 51.2 Å². The van der Waals surface area contributed by atoms with Gasteiger partial charge in [-0.25, -0.2) is 8.42 Å². The van der Waals surface area contributed by atoms with Crippen molar-refractivity contribution in [3.8, 4) is 6.07 Å². The van der Waals surface area contributed by atoms with Crippen LogP contribution in [0.4, 0.5) is 5.69 Å². The molecule has 0 aliphatic heterocycles. The van der Waals surface area contributed by atoms with Gasteiger partial charge in [-0.05, 0) is 18.2 Å². The molecule has 1 atom stereocenters. The van der Waals surface area contributed by atoms with Gasteiger partial charge >= 0.3 is 0 Å². The summed E-state index contributed by atoms with van der Waals surface area (Å²) in [6.45, 7) is -0.0850. The van der Waals surface area contributed by atoms with Gasteiger partial charge in [0.1, 0.15) is 4.90 Å². The van der Waals surface area contributed by atoms with E-state index in [9.17, 15) is 13.5 Å². The van der Waals surface area contributed by atoms with Crippen LogP contribution in [0.1, 0.15) is 5.56 Å². The molecule has 0 bridgehead atoms. The average molecular weight is 299 g/mol. The number of rotatable bonds is 6. The number of nitriles is 1. The third-order valence-corrected chi connectivity index (χ3v) is 4.55. The summed E-state index contributed by atoms with van der Waals surface area (Å²) in [6.07, 6.45) is -0.931. The Morgan fingerprint density at radius 1 is 1.55 bits per heavy atom. The number of hydrogen-bond donors (Lipinski definition) is 2. The summed E-state index contributed by atoms with van der Waals surface area (Å²) in [6, 6.07) is 5.84. The zero-order valence-electron chi connectivity index (χ0n) is 11.3. The van der Waals surface area contributed by atoms with Crippen LogP contribution in [0.5, 0.6) is 0 Å². The van der Waals surface area contributed by atoms with Crippen LogP contribution >= 0.6 is 0 Å². The zero-order chi connectivity index (χ0) is 15.3. The first kappa shape index (κ1) is 16.4. The minimum Gasteiger partial charge on any atom is -0.398 e. The van der Waals surface area contributed by atoms with E-state index in [0.717, 1.165) is 4.31 Å². The number of benzene rings is 1. The molecule has 0 radical (unpaired) electrons. The first-order valence-electron chi connectivity index (χ1n) is 5.76. The summed E-state index contributed by atoms with van der Waals surface area (Å²) in [5.41, 5.74) is 5.94. The van der Waals surface area contributed by atoms with Crippen molar-refractivity contribution in [2.75, 3.05) is 33.0 Å². The largest absolute Gasteiger partial charge is 0.398 e. The van der Waals surface area contributed by atoms with E-state index in [1.807, 2.05) is 6.07 Å². The number of nitrogen functional groups attached to an aromatic ring is 1. The highest BCUT2D eigenvalue weighted by molar-refractivity contribution is 7.89. The lowest BCUT2D eigenvalue weighted by Gasteiger charge is -2.21. The van der Waals surface area contributed by atoms with Crippen molar-refractivity contribution < 1.29 is 18.3 Å². The number of aliphatic hydroxyl groups is 1. The molecule has 8 heteroatoms. The smallest absolute Gasteiger partial charge is 0.244 e. The maximum Gasteiger partial charge on any atom is 0.244 e. The fourth-order valence-corrected chi connectivity index (χ4v) is 2.96. The quantitative estimate of drug-likeness (QED) is 0.701. The number of sulfonamides is 1. The second kappa shape index (κ2) is 6.67. The molecule has 1 unspecified atom stereocenters. The molecule has 0 aliphatic carbocycles. The van der Waals surface area contributed by atoms with Gasteiger partial charge in [0.2, 0.25) is 10.0 Å². The van der Waals surface area contributed by atoms with Gasteiger partial charge in [0.25, 0.3) is 0 Å². The third kappa shape index (κ3) is 3.68. The number of nitrogens with two attached hydrogens (primary N) is 1. The van der Waals surface area contributed by atoms with Crippen LogP contribution in [0.3, 0.4) is 0 Å². The SMILES string of the molecule is COCC(O)CN(C)S(=O)(=O)c1ccc(C#N)cc1N. The van der Waals surface area contributed by atoms with Gasteiger partial charge in [-0.15, -0.1) is 0 Å². The summed E-state index contributed by atoms with van der Waals surface area (Å²) in [5, 5.41) is 18.3. The third-order valence-electron chi connectivity index (χ3n) is 2.65. The van der Waals surface area contributed by atoms with Gasteiger partial charge in [0.15, 0.2) is 0 Å². The standard InChI is InChI=1S/C12H17N3O4S/c1-15(7-10(16)8-19-2)20(17,18)12-4-3-9(6-13)5-11(12)14/h3-5,10,16H,7-8,14H2,1-2H3. The first-order chi connectivity index (χ1) is 9.32. The summed E-state index contributed by atoms with van der Waals surface area (Å²) >= 11 is 0. The Hall–Kier alpha value is -1.66. The molecule has 0 fully saturated rings. The minimum absolute atomic E-state index is 0.00266. The van der Waals surface area contributed by atoms with Crippen molar-refractivity contribution in [1.29, 1.82) is 5.26 Å². The van der Waals surface area contributed by atoms with Crippen molar-refractivity contribution in [3.63, 3.8) is 0 Å². The van der Waals surface area contributed by atoms with E-state index < -0.39 is 16.1 Å². The van der Waals surface area contributed by atoms with Crippen molar-refractivity contribution in [1.82, 2.24) is 4.31 Å². The van der Waals surface area contributed by atoms with Gasteiger partial charge in [0.05, 0.1) is 30.0 Å². The predicted octanol–water partition coefficient (Wildman–Crippen LogP) is -0.232. The lowest BCUT2D eigenvalue weighted by Crippen LogP contribution is -2.36. The minimum atomic E-state index is -3.82. The molecule has 20 heavy (non-hydrogen) atoms. The number of aliphatic hydroxyl groups excluding tert-OH is 1. The lowest BCUT2D eigenvalue weighted by molar-refractivity contribution is 0.0554. The van der Waals surface area contributed by atoms with Crippen LogP contribution < -0.4 is 5.73 Å². The van der Waals surface area contributed by atoms with Crippen molar-refractivity contribution in [2.45, 2.75) is 11.0 Å². The summed E-state index contributed by atoms with van der Waals surface area (Å²) in [4.78, 5) is -0.0939. The predicted molar refractivity (Wildman–Crippen MR) is 73.3 cm³/mol. The molecule has 1 aromatic carbocycles. The Balaban J connectivity index is 3.02. The highest BCUT2D eigenvalue weighted by Gasteiger charge is 2.25. The maximum absolute atomic E-state index is 12.3. The second-order valence-corrected chi connectivity index (χ2v) is 6.27. The number of anilines is 1. The molecule has 0 aromatic heterocycles. The molecule has 1 aromatic rings. The van der Waals surface area contributed by atoms with E-state index in [1.54, 1.807) is 0 Å². The molecule has 110 valence electrons. The molecule has 1 rings (SSSR count). The normalized spacial score (nSPS) is 13.2. The zero-order valence-corrected chi connectivity index (χ0v) is 12.1. The average Bonchev–Trinajstić information content (AvgIpc) is 2.38. The molecule has 0 spiro atoms. The highest BCUT2D eigenvalue weighted by atomic mass is 32.2. The highest BCUT2D eigenvalue weighted by Crippen LogP contribution is 2.22. The number of likely N-dealkylation sites (N-methyl/N-ethyl adjacent to an activating group) is 1. The van der Waals surface area contributed by atoms with Crippen LogP contribution in [0.25, 0.3) is 0 Å². The number of nitrogens with zero attached hydrogens (tertiary/aromatic N) is 2. The van der Waals surface area contributed by atoms with E-state index in [-0.39, 0.29) is 29.3 Å². The molecule has 0 saturated carbocycles. The Bertz CT molecular complexity index is 610. The van der Waals surface area contributed by atoms with Crippen LogP contribution in [-0.2, 0) is 14.8 Å². The topological polar surface area (TPSA) is 117 Å². The fourth-order valence-electron chi connectivity index (χ4n) is 1.66. The summed E-state index contributed by atoms with van der Waals surface area (Å²) < 4.78 is 30.3. The number of hydrogen-bond acceptors (Lipinski definition) is 6. The first-order valence-corrected chi connectivity index (χ1v) is 7.20. The van der Waals surface area contributed by atoms with Crippen LogP contribution in [0.15, 0.2) is 23.1 Å². The summed E-state index contributed by atoms with van der Waals surface area (Å²) in [7, 11) is -1.07. The van der Waals surface area contributed by atoms with E-state index in [4.69, 9.17) is 15.7 Å². The Kier molecular flexibility index (Phi) is 5.47. The Morgan fingerprint density at radius 3 is 2.70 bits per heavy atom. The molecule has 3 N–H and O–H groups in total. The molecule has 7 nitrogen and oxygen atoms in total. The van der Waals surface area contributed by atoms with E-state index in [1.165, 1.54) is 32.4 Å². The van der Waals surface area contributed by atoms with Gasteiger partial charge < -0.3 is 15.6 Å². The maximum atomic E-state index is 12.3. The van der Waals surface area contributed by atoms with Gasteiger partial charge in [0, 0.05) is 20.7 Å². The van der Waals surface area contributed by atoms with Gasteiger partial charge in [-0.3, -0.25) is 0 Å². The molecule has 0 saturated heterocycles. The molecular weight excluding hydrogens is 282 g/mol. The number of ether oxygens (including phenoxy) is 1. The molecule has 0 heterocycles. The van der Waals surface area contributed by atoms with Crippen LogP contribution in [0.2, 0.25) is 0 Å². The number of methoxy groups -OCH3 is 1. The van der Waals surface area contributed by atoms with Gasteiger partial charge in [-0.2, -0.15) is 9.57 Å². The van der Waals surface area contributed by atoms with E-state index >= 15 is 0 Å². The van der Waals surface area contributed by atoms with E-state index in [2.05, 4.69) is 0 Å². The summed E-state index contributed by atoms with van der Waals surface area (Å²) in [5.74, 6) is 0. The van der Waals surface area contributed by atoms with Gasteiger partial charge in [-0.1, -0.05) is 0 Å². The van der Waals surface area contributed by atoms with Crippen LogP contribution in [0, 0.1) is 11.3 Å². The van der Waals surface area contributed by atoms with Crippen molar-refractivity contribution in [2.24, 2.45) is 0 Å². The second-order valence-electron chi connectivity index (χ2n) is 4.26. The van der Waals surface area contributed by atoms with Crippen molar-refractivity contribution >= 4 is 15.7 Å². The Morgan fingerprint density at radius 2 is 2.20 bits per heavy atom.